The van der Waals surface area contributed by atoms with Crippen LogP contribution in [-0.2, 0) is 42.2 Å². The van der Waals surface area contributed by atoms with E-state index < -0.39 is 170 Å². The van der Waals surface area contributed by atoms with Gasteiger partial charge >= 0.3 is 38.8 Å². The number of para-hydroxylation sites is 2. The predicted molar refractivity (Wildman–Crippen MR) is 285 cm³/mol. The molecule has 0 radical (unpaired) electrons. The first-order valence-corrected chi connectivity index (χ1v) is 28.2. The molecule has 2 fully saturated rings. The Labute approximate surface area is 474 Å². The summed E-state index contributed by atoms with van der Waals surface area (Å²) in [4.78, 5) is 74.7. The Morgan fingerprint density at radius 2 is 0.988 bits per heavy atom. The third kappa shape index (κ3) is 16.9. The average molecular weight is 1240 g/mol. The fourth-order valence-electron chi connectivity index (χ4n) is 7.70. The molecule has 7 rings (SSSR count). The number of benzene rings is 3. The first kappa shape index (κ1) is 67.9. The van der Waals surface area contributed by atoms with E-state index in [0.29, 0.717) is 0 Å². The molecule has 11 N–H and O–H groups in total. The van der Waals surface area contributed by atoms with Gasteiger partial charge in [0, 0.05) is 24.5 Å². The lowest BCUT2D eigenvalue weighted by molar-refractivity contribution is -0.150. The molecule has 5 aromatic rings. The van der Waals surface area contributed by atoms with E-state index in [1.165, 1.54) is 78.2 Å². The number of ether oxygens (including phenoxy) is 4. The lowest BCUT2D eigenvalue weighted by Crippen LogP contribution is -2.53. The molecular formula is C50H63F5N8O19P2. The van der Waals surface area contributed by atoms with Crippen LogP contribution in [0.4, 0.5) is 22.0 Å². The quantitative estimate of drug-likeness (QED) is 0.0178. The molecule has 2 saturated heterocycles. The molecule has 4 heterocycles. The van der Waals surface area contributed by atoms with Crippen LogP contribution in [0, 0.1) is 29.1 Å². The number of H-pyrrole nitrogens is 2. The van der Waals surface area contributed by atoms with Crippen LogP contribution in [0.5, 0.6) is 17.2 Å². The summed E-state index contributed by atoms with van der Waals surface area (Å²) < 4.78 is 139. The topological polar surface area (TPSA) is 389 Å². The molecule has 2 unspecified atom stereocenters. The molecular weight excluding hydrogens is 1170 g/mol. The fraction of sp³-hybridized carbons (Fsp3) is 0.440. The van der Waals surface area contributed by atoms with Crippen LogP contribution in [0.25, 0.3) is 0 Å². The normalized spacial score (nSPS) is 24.0. The lowest BCUT2D eigenvalue weighted by Gasteiger charge is -2.28. The van der Waals surface area contributed by atoms with E-state index in [1.54, 1.807) is 50.2 Å². The van der Waals surface area contributed by atoms with Crippen molar-refractivity contribution in [1.82, 2.24) is 29.3 Å². The maximum Gasteiger partial charge on any atom is 0.513 e. The van der Waals surface area contributed by atoms with E-state index >= 15 is 0 Å². The second-order valence-electron chi connectivity index (χ2n) is 19.7. The van der Waals surface area contributed by atoms with Gasteiger partial charge in [-0.2, -0.15) is 19.0 Å². The van der Waals surface area contributed by atoms with Crippen LogP contribution in [0.2, 0.25) is 0 Å². The van der Waals surface area contributed by atoms with E-state index in [0.717, 1.165) is 21.3 Å². The highest BCUT2D eigenvalue weighted by atomic mass is 31.2. The van der Waals surface area contributed by atoms with Gasteiger partial charge in [0.1, 0.15) is 48.0 Å². The molecule has 27 nitrogen and oxygen atoms in total. The molecule has 34 heteroatoms. The number of carbonyl (C=O) groups is 2. The van der Waals surface area contributed by atoms with Crippen molar-refractivity contribution in [3.8, 4) is 17.2 Å². The Hall–Kier alpha value is -6.93. The summed E-state index contributed by atoms with van der Waals surface area (Å²) in [7, 11) is -9.13. The zero-order valence-electron chi connectivity index (χ0n) is 46.0. The van der Waals surface area contributed by atoms with Crippen LogP contribution in [0.3, 0.4) is 0 Å². The van der Waals surface area contributed by atoms with Crippen molar-refractivity contribution in [2.45, 2.75) is 128 Å². The third-order valence-electron chi connectivity index (χ3n) is 11.9. The molecule has 2 aliphatic heterocycles. The number of aliphatic hydroxyl groups is 3. The highest BCUT2D eigenvalue weighted by Crippen LogP contribution is 2.49. The zero-order valence-corrected chi connectivity index (χ0v) is 47.8. The molecule has 0 spiro atoms. The number of esters is 2. The predicted octanol–water partition coefficient (Wildman–Crippen LogP) is 3.03. The van der Waals surface area contributed by atoms with E-state index in [1.807, 2.05) is 0 Å². The molecule has 0 saturated carbocycles. The lowest BCUT2D eigenvalue weighted by atomic mass is 9.93. The van der Waals surface area contributed by atoms with E-state index in [2.05, 4.69) is 24.7 Å². The molecule has 12 atom stereocenters. The Kier molecular flexibility index (Phi) is 22.9. The van der Waals surface area contributed by atoms with Gasteiger partial charge < -0.3 is 59.3 Å². The Bertz CT molecular complexity index is 3400. The third-order valence-corrected chi connectivity index (χ3v) is 15.1. The maximum atomic E-state index is 14.0. The van der Waals surface area contributed by atoms with E-state index in [4.69, 9.17) is 49.1 Å². The SMILES string of the molecule is CC(C)OC(=O)[C@H](C)NP(=O)(OC[C@H]1O[C@@H](n2ccc(=O)[nH]c2=O)[C@](C)(N)[C@@H]1O)Oc1ccccc1.CC(C)OC(=O)[C@H](C)NP(=O)(Oc1ccccc1)Oc1c(F)c(F)c(F)c(F)c1F.C[C@@]1(N)[C@H](O)[C@@H](CO)O[C@H]1n1ccc(=O)[nH]c1=O. The van der Waals surface area contributed by atoms with Gasteiger partial charge in [-0.3, -0.25) is 42.8 Å². The van der Waals surface area contributed by atoms with Crippen molar-refractivity contribution >= 4 is 27.4 Å². The van der Waals surface area contributed by atoms with Crippen LogP contribution in [0.1, 0.15) is 67.8 Å². The summed E-state index contributed by atoms with van der Waals surface area (Å²) >= 11 is 0. The van der Waals surface area contributed by atoms with Crippen molar-refractivity contribution < 1.29 is 93.0 Å². The minimum Gasteiger partial charge on any atom is -0.462 e. The Morgan fingerprint density at radius 1 is 0.619 bits per heavy atom. The first-order chi connectivity index (χ1) is 39.1. The van der Waals surface area contributed by atoms with Gasteiger partial charge in [-0.1, -0.05) is 36.4 Å². The molecule has 84 heavy (non-hydrogen) atoms. The van der Waals surface area contributed by atoms with Gasteiger partial charge in [-0.25, -0.2) is 31.9 Å². The smallest absolute Gasteiger partial charge is 0.462 e. The molecule has 3 aromatic carbocycles. The highest BCUT2D eigenvalue weighted by molar-refractivity contribution is 7.52. The number of carbonyl (C=O) groups excluding carboxylic acids is 2. The fourth-order valence-corrected chi connectivity index (χ4v) is 10.7. The van der Waals surface area contributed by atoms with Crippen molar-refractivity contribution in [3.63, 3.8) is 0 Å². The van der Waals surface area contributed by atoms with Crippen molar-refractivity contribution in [2.24, 2.45) is 11.5 Å². The number of rotatable bonds is 20. The highest BCUT2D eigenvalue weighted by Gasteiger charge is 2.54. The van der Waals surface area contributed by atoms with Crippen LogP contribution in [0.15, 0.2) is 104 Å². The number of nitrogens with zero attached hydrogens (tertiary/aromatic N) is 2. The minimum atomic E-state index is -4.91. The van der Waals surface area contributed by atoms with Gasteiger partial charge in [0.05, 0.1) is 36.5 Å². The molecule has 0 aliphatic carbocycles. The average Bonchev–Trinajstić information content (AvgIpc) is 1.93. The van der Waals surface area contributed by atoms with E-state index in [9.17, 15) is 70.1 Å². The molecule has 2 aliphatic rings. The molecule has 2 aromatic heterocycles. The number of aromatic amines is 2. The van der Waals surface area contributed by atoms with Gasteiger partial charge in [-0.15, -0.1) is 0 Å². The first-order valence-electron chi connectivity index (χ1n) is 25.1. The van der Waals surface area contributed by atoms with Crippen molar-refractivity contribution in [1.29, 1.82) is 0 Å². The second-order valence-corrected chi connectivity index (χ2v) is 23.0. The van der Waals surface area contributed by atoms with Gasteiger partial charge in [0.25, 0.3) is 11.1 Å². The second kappa shape index (κ2) is 28.3. The number of aliphatic hydroxyl groups excluding tert-OH is 3. The Morgan fingerprint density at radius 3 is 1.37 bits per heavy atom. The minimum absolute atomic E-state index is 0.137. The number of nitrogens with two attached hydrogens (primary N) is 2. The number of hydrogen-bond donors (Lipinski definition) is 9. The molecule has 0 bridgehead atoms. The van der Waals surface area contributed by atoms with Crippen molar-refractivity contribution in [3.05, 3.63) is 156 Å². The van der Waals surface area contributed by atoms with Crippen LogP contribution >= 0.6 is 15.5 Å². The van der Waals surface area contributed by atoms with Gasteiger partial charge in [0.2, 0.25) is 34.8 Å². The number of aromatic nitrogens is 4. The monoisotopic (exact) mass is 1240 g/mol. The summed E-state index contributed by atoms with van der Waals surface area (Å²) in [6, 6.07) is 15.0. The van der Waals surface area contributed by atoms with Gasteiger partial charge in [0.15, 0.2) is 12.5 Å². The maximum absolute atomic E-state index is 14.0. The standard InChI is InChI=1S/C22H31N4O9P.C18H17F5NO5P.C10H15N3O5/c1-13(2)33-19(29)14(3)25-36(31,35-15-8-6-5-7-9-15)32-12-16-18(28)22(4,23)20(34-16)26-11-10-17(27)24-21(26)30;1-9(2)27-18(25)10(3)24-30(26,28-11-7-5-4-6-8-11)29-17-15(22)13(20)12(19)14(21)16(17)23;1-10(11)7(16)5(4-14)18-8(10)13-3-2-6(15)12-9(13)17/h5-11,13-14,16,18,20,28H,12,23H2,1-4H3,(H,25,31)(H,24,27,30);4-10H,1-3H3,(H,24,26);2-3,5,7-8,14,16H,4,11H2,1H3,(H,12,15,17)/t14-,16+,18+,20+,22+,36?;10-,30?;5-,7-,8-,10-/m001/s1. The largest absolute Gasteiger partial charge is 0.513 e. The number of halogens is 5. The van der Waals surface area contributed by atoms with Crippen LogP contribution in [-0.4, -0.2) is 119 Å². The summed E-state index contributed by atoms with van der Waals surface area (Å²) in [6.45, 7) is 11.1. The summed E-state index contributed by atoms with van der Waals surface area (Å²) in [5.41, 5.74) is 6.85. The summed E-state index contributed by atoms with van der Waals surface area (Å²) in [6.07, 6.45) is -5.14. The Balaban J connectivity index is 0.000000243. The molecule has 462 valence electrons. The van der Waals surface area contributed by atoms with E-state index in [-0.39, 0.29) is 11.5 Å². The van der Waals surface area contributed by atoms with Crippen molar-refractivity contribution in [2.75, 3.05) is 13.2 Å². The number of nitrogens with one attached hydrogen (secondary N) is 4. The number of hydrogen-bond acceptors (Lipinski definition) is 21. The summed E-state index contributed by atoms with van der Waals surface area (Å²) in [5, 5.41) is 34.4. The summed E-state index contributed by atoms with van der Waals surface area (Å²) in [5.74, 6) is -15.1. The van der Waals surface area contributed by atoms with Gasteiger partial charge in [-0.05, 0) is 79.7 Å². The zero-order chi connectivity index (χ0) is 62.8. The van der Waals surface area contributed by atoms with Crippen LogP contribution < -0.4 is 57.7 Å². The molecule has 0 amide bonds.